The van der Waals surface area contributed by atoms with E-state index < -0.39 is 4.92 Å². The predicted octanol–water partition coefficient (Wildman–Crippen LogP) is 3.09. The van der Waals surface area contributed by atoms with Crippen LogP contribution in [-0.2, 0) is 4.79 Å². The Labute approximate surface area is 153 Å². The number of benzene rings is 1. The highest BCUT2D eigenvalue weighted by molar-refractivity contribution is 5.76. The SMILES string of the molecule is N#Cc1ccc(N2CCN(C(=O)CCC3CCCC3)CC2)c([N+](=O)[O-])c1. The molecule has 7 nitrogen and oxygen atoms in total. The van der Waals surface area contributed by atoms with E-state index >= 15 is 0 Å². The number of carbonyl (C=O) groups is 1. The summed E-state index contributed by atoms with van der Waals surface area (Å²) in [6, 6.07) is 6.48. The van der Waals surface area contributed by atoms with Crippen LogP contribution in [0.4, 0.5) is 11.4 Å². The molecular weight excluding hydrogens is 332 g/mol. The lowest BCUT2D eigenvalue weighted by molar-refractivity contribution is -0.384. The standard InChI is InChI=1S/C19H24N4O3/c20-14-16-5-7-17(18(13-16)23(25)26)21-9-11-22(12-10-21)19(24)8-6-15-3-1-2-4-15/h5,7,13,15H,1-4,6,8-12H2. The third-order valence-electron chi connectivity index (χ3n) is 5.52. The maximum atomic E-state index is 12.4. The molecule has 0 bridgehead atoms. The first-order valence-electron chi connectivity index (χ1n) is 9.29. The fraction of sp³-hybridized carbons (Fsp3) is 0.579. The van der Waals surface area contributed by atoms with Gasteiger partial charge in [-0.25, -0.2) is 0 Å². The van der Waals surface area contributed by atoms with E-state index in [9.17, 15) is 14.9 Å². The Morgan fingerprint density at radius 2 is 1.92 bits per heavy atom. The number of nitro groups is 1. The molecule has 1 aliphatic heterocycles. The number of rotatable bonds is 5. The quantitative estimate of drug-likeness (QED) is 0.597. The van der Waals surface area contributed by atoms with Gasteiger partial charge >= 0.3 is 0 Å². The Kier molecular flexibility index (Phi) is 5.71. The van der Waals surface area contributed by atoms with Gasteiger partial charge in [0.2, 0.25) is 5.91 Å². The molecule has 7 heteroatoms. The van der Waals surface area contributed by atoms with Crippen molar-refractivity contribution in [3.63, 3.8) is 0 Å². The summed E-state index contributed by atoms with van der Waals surface area (Å²) in [6.07, 6.45) is 6.69. The molecule has 0 radical (unpaired) electrons. The average Bonchev–Trinajstić information content (AvgIpc) is 3.19. The molecule has 0 unspecified atom stereocenters. The fourth-order valence-electron chi connectivity index (χ4n) is 3.99. The summed E-state index contributed by atoms with van der Waals surface area (Å²) in [7, 11) is 0. The van der Waals surface area contributed by atoms with Crippen molar-refractivity contribution in [2.75, 3.05) is 31.1 Å². The summed E-state index contributed by atoms with van der Waals surface area (Å²) in [5.41, 5.74) is 0.748. The second kappa shape index (κ2) is 8.17. The molecule has 3 rings (SSSR count). The van der Waals surface area contributed by atoms with Gasteiger partial charge in [-0.05, 0) is 24.5 Å². The van der Waals surface area contributed by atoms with Crippen molar-refractivity contribution in [1.82, 2.24) is 4.90 Å². The van der Waals surface area contributed by atoms with E-state index in [-0.39, 0.29) is 17.2 Å². The number of amides is 1. The molecule has 1 saturated carbocycles. The minimum atomic E-state index is -0.449. The molecule has 1 aromatic rings. The Balaban J connectivity index is 1.57. The highest BCUT2D eigenvalue weighted by Crippen LogP contribution is 2.31. The van der Waals surface area contributed by atoms with Crippen LogP contribution in [0.25, 0.3) is 0 Å². The molecule has 1 heterocycles. The third-order valence-corrected chi connectivity index (χ3v) is 5.52. The van der Waals surface area contributed by atoms with Gasteiger partial charge in [0.05, 0.1) is 16.6 Å². The van der Waals surface area contributed by atoms with Crippen LogP contribution in [0, 0.1) is 27.4 Å². The first kappa shape index (κ1) is 18.2. The summed E-state index contributed by atoms with van der Waals surface area (Å²) < 4.78 is 0. The zero-order valence-corrected chi connectivity index (χ0v) is 14.9. The molecule has 1 aromatic carbocycles. The van der Waals surface area contributed by atoms with Crippen molar-refractivity contribution < 1.29 is 9.72 Å². The summed E-state index contributed by atoms with van der Waals surface area (Å²) in [5.74, 6) is 0.910. The van der Waals surface area contributed by atoms with Crippen LogP contribution in [0.3, 0.4) is 0 Å². The summed E-state index contributed by atoms with van der Waals surface area (Å²) >= 11 is 0. The molecule has 1 amide bonds. The van der Waals surface area contributed by atoms with E-state index in [1.165, 1.54) is 31.7 Å². The summed E-state index contributed by atoms with van der Waals surface area (Å²) in [5, 5.41) is 20.3. The number of hydrogen-bond donors (Lipinski definition) is 0. The number of anilines is 1. The van der Waals surface area contributed by atoms with Gasteiger partial charge in [0.25, 0.3) is 5.69 Å². The second-order valence-electron chi connectivity index (χ2n) is 7.13. The van der Waals surface area contributed by atoms with Gasteiger partial charge in [0.15, 0.2) is 0 Å². The van der Waals surface area contributed by atoms with E-state index in [1.54, 1.807) is 12.1 Å². The molecule has 0 atom stereocenters. The Hall–Kier alpha value is -2.62. The maximum Gasteiger partial charge on any atom is 0.293 e. The first-order chi connectivity index (χ1) is 12.6. The Morgan fingerprint density at radius 3 is 2.54 bits per heavy atom. The number of piperazine rings is 1. The van der Waals surface area contributed by atoms with E-state index in [2.05, 4.69) is 0 Å². The van der Waals surface area contributed by atoms with Crippen LogP contribution in [0.15, 0.2) is 18.2 Å². The van der Waals surface area contributed by atoms with Crippen LogP contribution in [0.1, 0.15) is 44.1 Å². The number of hydrogen-bond acceptors (Lipinski definition) is 5. The predicted molar refractivity (Wildman–Crippen MR) is 97.8 cm³/mol. The first-order valence-corrected chi connectivity index (χ1v) is 9.29. The Morgan fingerprint density at radius 1 is 1.23 bits per heavy atom. The zero-order chi connectivity index (χ0) is 18.5. The number of nitro benzene ring substituents is 1. The lowest BCUT2D eigenvalue weighted by Crippen LogP contribution is -2.49. The van der Waals surface area contributed by atoms with Gasteiger partial charge in [-0.2, -0.15) is 5.26 Å². The van der Waals surface area contributed by atoms with Crippen molar-refractivity contribution in [2.24, 2.45) is 5.92 Å². The summed E-state index contributed by atoms with van der Waals surface area (Å²) in [6.45, 7) is 2.31. The van der Waals surface area contributed by atoms with Gasteiger partial charge in [-0.15, -0.1) is 0 Å². The molecule has 2 aliphatic rings. The molecule has 1 aliphatic carbocycles. The van der Waals surface area contributed by atoms with E-state index in [0.29, 0.717) is 44.2 Å². The van der Waals surface area contributed by atoms with Gasteiger partial charge in [0.1, 0.15) is 5.69 Å². The normalized spacial score (nSPS) is 18.0. The monoisotopic (exact) mass is 356 g/mol. The fourth-order valence-corrected chi connectivity index (χ4v) is 3.99. The highest BCUT2D eigenvalue weighted by atomic mass is 16.6. The van der Waals surface area contributed by atoms with E-state index in [4.69, 9.17) is 5.26 Å². The van der Waals surface area contributed by atoms with Gasteiger partial charge in [-0.1, -0.05) is 25.7 Å². The van der Waals surface area contributed by atoms with Crippen molar-refractivity contribution in [1.29, 1.82) is 5.26 Å². The zero-order valence-electron chi connectivity index (χ0n) is 14.9. The smallest absolute Gasteiger partial charge is 0.293 e. The molecule has 138 valence electrons. The number of nitrogens with zero attached hydrogens (tertiary/aromatic N) is 4. The van der Waals surface area contributed by atoms with Crippen LogP contribution in [-0.4, -0.2) is 41.9 Å². The van der Waals surface area contributed by atoms with Crippen LogP contribution in [0.2, 0.25) is 0 Å². The van der Waals surface area contributed by atoms with Crippen molar-refractivity contribution in [2.45, 2.75) is 38.5 Å². The van der Waals surface area contributed by atoms with Crippen LogP contribution < -0.4 is 4.90 Å². The molecule has 26 heavy (non-hydrogen) atoms. The van der Waals surface area contributed by atoms with Crippen LogP contribution in [0.5, 0.6) is 0 Å². The molecule has 1 saturated heterocycles. The van der Waals surface area contributed by atoms with Crippen molar-refractivity contribution >= 4 is 17.3 Å². The summed E-state index contributed by atoms with van der Waals surface area (Å²) in [4.78, 5) is 27.1. The third kappa shape index (κ3) is 4.13. The van der Waals surface area contributed by atoms with Crippen molar-refractivity contribution in [3.8, 4) is 6.07 Å². The average molecular weight is 356 g/mol. The highest BCUT2D eigenvalue weighted by Gasteiger charge is 2.26. The topological polar surface area (TPSA) is 90.5 Å². The lowest BCUT2D eigenvalue weighted by atomic mass is 10.0. The van der Waals surface area contributed by atoms with Gasteiger partial charge in [-0.3, -0.25) is 14.9 Å². The van der Waals surface area contributed by atoms with E-state index in [0.717, 1.165) is 6.42 Å². The molecular formula is C19H24N4O3. The lowest BCUT2D eigenvalue weighted by Gasteiger charge is -2.36. The van der Waals surface area contributed by atoms with Crippen LogP contribution >= 0.6 is 0 Å². The Bertz CT molecular complexity index is 714. The molecule has 2 fully saturated rings. The minimum absolute atomic E-state index is 0.0509. The molecule has 0 N–H and O–H groups in total. The van der Waals surface area contributed by atoms with Crippen molar-refractivity contribution in [3.05, 3.63) is 33.9 Å². The number of carbonyl (C=O) groups excluding carboxylic acids is 1. The van der Waals surface area contributed by atoms with E-state index in [1.807, 2.05) is 15.9 Å². The van der Waals surface area contributed by atoms with Gasteiger partial charge < -0.3 is 9.80 Å². The maximum absolute atomic E-state index is 12.4. The molecule has 0 aromatic heterocycles. The van der Waals surface area contributed by atoms with Gasteiger partial charge in [0, 0.05) is 38.7 Å². The number of nitriles is 1. The largest absolute Gasteiger partial charge is 0.362 e. The molecule has 0 spiro atoms. The minimum Gasteiger partial charge on any atom is -0.362 e. The second-order valence-corrected chi connectivity index (χ2v) is 7.13.